The van der Waals surface area contributed by atoms with Crippen molar-refractivity contribution < 1.29 is 0 Å². The minimum Gasteiger partial charge on any atom is -0.400 e. The fraction of sp³-hybridized carbons (Fsp3) is 0.222. The fourth-order valence-corrected chi connectivity index (χ4v) is 1.33. The molecule has 0 amide bonds. The third-order valence-corrected chi connectivity index (χ3v) is 2.59. The molecule has 0 aliphatic carbocycles. The molecule has 5 heteroatoms. The maximum atomic E-state index is 9.98. The van der Waals surface area contributed by atoms with Crippen LogP contribution in [0.4, 0.5) is 0 Å². The molecular formula is C9H10IN3O. The van der Waals surface area contributed by atoms with E-state index in [4.69, 9.17) is 5.73 Å². The molecule has 0 aliphatic heterocycles. The lowest BCUT2D eigenvalue weighted by atomic mass is 10.0. The van der Waals surface area contributed by atoms with Crippen LogP contribution in [0.2, 0.25) is 0 Å². The first-order valence-electron chi connectivity index (χ1n) is 4.04. The number of nitrogens with zero attached hydrogens (tertiary/aromatic N) is 2. The molecule has 14 heavy (non-hydrogen) atoms. The average molecular weight is 303 g/mol. The van der Waals surface area contributed by atoms with Crippen LogP contribution in [0.5, 0.6) is 0 Å². The Hall–Kier alpha value is -0.980. The average Bonchev–Trinajstić information content (AvgIpc) is 2.18. The van der Waals surface area contributed by atoms with Gasteiger partial charge in [0.05, 0.1) is 6.20 Å². The number of pyridine rings is 1. The summed E-state index contributed by atoms with van der Waals surface area (Å²) in [6.07, 6.45) is 2.88. The zero-order valence-corrected chi connectivity index (χ0v) is 9.80. The molecule has 1 aromatic heterocycles. The molecule has 4 nitrogen and oxygen atoms in total. The predicted molar refractivity (Wildman–Crippen MR) is 63.4 cm³/mol. The van der Waals surface area contributed by atoms with Crippen LogP contribution in [0.1, 0.15) is 18.4 Å². The summed E-state index contributed by atoms with van der Waals surface area (Å²) in [5.41, 5.74) is 7.06. The van der Waals surface area contributed by atoms with E-state index >= 15 is 0 Å². The summed E-state index contributed by atoms with van der Waals surface area (Å²) >= 11 is 2.13. The van der Waals surface area contributed by atoms with Gasteiger partial charge in [-0.05, 0) is 39.4 Å². The second kappa shape index (κ2) is 5.04. The fourth-order valence-electron chi connectivity index (χ4n) is 1.01. The van der Waals surface area contributed by atoms with Crippen molar-refractivity contribution in [2.24, 2.45) is 10.9 Å². The van der Waals surface area contributed by atoms with Gasteiger partial charge in [0, 0.05) is 17.8 Å². The molecule has 74 valence electrons. The topological polar surface area (TPSA) is 68.3 Å². The Bertz CT molecular complexity index is 348. The third kappa shape index (κ3) is 2.76. The number of nitroso groups, excluding NO2 is 1. The highest BCUT2D eigenvalue weighted by Gasteiger charge is 2.08. The van der Waals surface area contributed by atoms with Crippen LogP contribution >= 0.6 is 22.6 Å². The molecule has 0 radical (unpaired) electrons. The standard InChI is InChI=1S/C9H10IN3O/c1-6(8(11)5-13-14)7-2-3-9(10)12-4-7/h2-6H,11H2,1H3/b8-5-. The molecule has 1 rings (SSSR count). The number of hydrogen-bond acceptors (Lipinski definition) is 4. The summed E-state index contributed by atoms with van der Waals surface area (Å²) in [4.78, 5) is 14.1. The van der Waals surface area contributed by atoms with Gasteiger partial charge in [-0.2, -0.15) is 0 Å². The minimum absolute atomic E-state index is 0.0304. The van der Waals surface area contributed by atoms with Crippen LogP contribution in [-0.4, -0.2) is 4.98 Å². The quantitative estimate of drug-likeness (QED) is 0.529. The summed E-state index contributed by atoms with van der Waals surface area (Å²) in [7, 11) is 0. The Labute approximate surface area is 95.7 Å². The Morgan fingerprint density at radius 1 is 1.71 bits per heavy atom. The van der Waals surface area contributed by atoms with Gasteiger partial charge >= 0.3 is 0 Å². The highest BCUT2D eigenvalue weighted by molar-refractivity contribution is 14.1. The van der Waals surface area contributed by atoms with Crippen LogP contribution in [0, 0.1) is 8.61 Å². The van der Waals surface area contributed by atoms with Crippen LogP contribution in [-0.2, 0) is 0 Å². The SMILES string of the molecule is CC(/C(N)=C/N=O)c1ccc(I)nc1. The van der Waals surface area contributed by atoms with Crippen molar-refractivity contribution >= 4 is 22.6 Å². The Morgan fingerprint density at radius 3 is 2.93 bits per heavy atom. The monoisotopic (exact) mass is 303 g/mol. The highest BCUT2D eigenvalue weighted by Crippen LogP contribution is 2.19. The predicted octanol–water partition coefficient (Wildman–Crippen LogP) is 2.36. The van der Waals surface area contributed by atoms with E-state index in [9.17, 15) is 4.91 Å². The third-order valence-electron chi connectivity index (χ3n) is 1.95. The van der Waals surface area contributed by atoms with Crippen molar-refractivity contribution in [2.45, 2.75) is 12.8 Å². The summed E-state index contributed by atoms with van der Waals surface area (Å²) in [5, 5.41) is 2.64. The zero-order chi connectivity index (χ0) is 10.6. The molecule has 0 fully saturated rings. The first-order valence-corrected chi connectivity index (χ1v) is 5.12. The maximum Gasteiger partial charge on any atom is 0.101 e. The maximum absolute atomic E-state index is 9.98. The van der Waals surface area contributed by atoms with Crippen molar-refractivity contribution in [3.63, 3.8) is 0 Å². The van der Waals surface area contributed by atoms with Crippen molar-refractivity contribution in [3.05, 3.63) is 44.4 Å². The van der Waals surface area contributed by atoms with E-state index in [1.165, 1.54) is 0 Å². The van der Waals surface area contributed by atoms with Gasteiger partial charge in [-0.25, -0.2) is 0 Å². The Balaban J connectivity index is 2.89. The molecule has 0 aromatic carbocycles. The van der Waals surface area contributed by atoms with Crippen molar-refractivity contribution in [3.8, 4) is 0 Å². The smallest absolute Gasteiger partial charge is 0.101 e. The molecule has 1 atom stereocenters. The molecule has 1 aromatic rings. The van der Waals surface area contributed by atoms with Gasteiger partial charge in [0.25, 0.3) is 0 Å². The first kappa shape index (κ1) is 11.1. The molecule has 2 N–H and O–H groups in total. The number of nitrogens with two attached hydrogens (primary N) is 1. The molecule has 0 bridgehead atoms. The van der Waals surface area contributed by atoms with Crippen LogP contribution in [0.15, 0.2) is 35.4 Å². The van der Waals surface area contributed by atoms with E-state index in [0.29, 0.717) is 5.70 Å². The Kier molecular flexibility index (Phi) is 3.99. The van der Waals surface area contributed by atoms with Gasteiger partial charge in [0.15, 0.2) is 0 Å². The van der Waals surface area contributed by atoms with E-state index < -0.39 is 0 Å². The van der Waals surface area contributed by atoms with Crippen LogP contribution in [0.25, 0.3) is 0 Å². The molecular weight excluding hydrogens is 293 g/mol. The first-order chi connectivity index (χ1) is 6.65. The summed E-state index contributed by atoms with van der Waals surface area (Å²) < 4.78 is 0.926. The minimum atomic E-state index is -0.0304. The van der Waals surface area contributed by atoms with Crippen LogP contribution in [0.3, 0.4) is 0 Å². The van der Waals surface area contributed by atoms with Gasteiger partial charge < -0.3 is 5.73 Å². The number of rotatable bonds is 3. The highest BCUT2D eigenvalue weighted by atomic mass is 127. The molecule has 1 heterocycles. The summed E-state index contributed by atoms with van der Waals surface area (Å²) in [6.45, 7) is 1.90. The van der Waals surface area contributed by atoms with Gasteiger partial charge in [0.2, 0.25) is 0 Å². The van der Waals surface area contributed by atoms with Gasteiger partial charge in [0.1, 0.15) is 3.70 Å². The second-order valence-electron chi connectivity index (χ2n) is 2.87. The molecule has 1 unspecified atom stereocenters. The van der Waals surface area contributed by atoms with E-state index in [1.54, 1.807) is 6.20 Å². The van der Waals surface area contributed by atoms with E-state index in [0.717, 1.165) is 15.5 Å². The lowest BCUT2D eigenvalue weighted by Crippen LogP contribution is -2.07. The normalized spacial score (nSPS) is 13.7. The molecule has 0 spiro atoms. The van der Waals surface area contributed by atoms with Gasteiger partial charge in [-0.3, -0.25) is 4.98 Å². The van der Waals surface area contributed by atoms with Gasteiger partial charge in [-0.1, -0.05) is 13.0 Å². The van der Waals surface area contributed by atoms with Crippen LogP contribution < -0.4 is 5.73 Å². The largest absolute Gasteiger partial charge is 0.400 e. The Morgan fingerprint density at radius 2 is 2.43 bits per heavy atom. The van der Waals surface area contributed by atoms with E-state index in [-0.39, 0.29) is 5.92 Å². The molecule has 0 saturated heterocycles. The second-order valence-corrected chi connectivity index (χ2v) is 3.98. The van der Waals surface area contributed by atoms with Gasteiger partial charge in [-0.15, -0.1) is 4.91 Å². The number of aromatic nitrogens is 1. The van der Waals surface area contributed by atoms with Crippen molar-refractivity contribution in [1.82, 2.24) is 4.98 Å². The lowest BCUT2D eigenvalue weighted by molar-refractivity contribution is 0.862. The van der Waals surface area contributed by atoms with Crippen molar-refractivity contribution in [2.75, 3.05) is 0 Å². The summed E-state index contributed by atoms with van der Waals surface area (Å²) in [6, 6.07) is 3.83. The molecule has 0 saturated carbocycles. The molecule has 0 aliphatic rings. The summed E-state index contributed by atoms with van der Waals surface area (Å²) in [5.74, 6) is -0.0304. The number of allylic oxidation sites excluding steroid dienone is 1. The van der Waals surface area contributed by atoms with E-state index in [2.05, 4.69) is 32.8 Å². The number of halogens is 1. The lowest BCUT2D eigenvalue weighted by Gasteiger charge is -2.10. The zero-order valence-electron chi connectivity index (χ0n) is 7.64. The number of hydrogen-bond donors (Lipinski definition) is 1. The van der Waals surface area contributed by atoms with E-state index in [1.807, 2.05) is 19.1 Å². The van der Waals surface area contributed by atoms with Crippen molar-refractivity contribution in [1.29, 1.82) is 0 Å².